The maximum Gasteiger partial charge on any atom is 0.230 e. The molecule has 0 aliphatic rings. The van der Waals surface area contributed by atoms with E-state index in [0.29, 0.717) is 5.02 Å². The van der Waals surface area contributed by atoms with Gasteiger partial charge in [0.2, 0.25) is 5.91 Å². The van der Waals surface area contributed by atoms with Gasteiger partial charge in [0, 0.05) is 11.1 Å². The lowest BCUT2D eigenvalue weighted by Crippen LogP contribution is -2.43. The van der Waals surface area contributed by atoms with Crippen molar-refractivity contribution in [1.82, 2.24) is 5.32 Å². The minimum atomic E-state index is -0.561. The first-order chi connectivity index (χ1) is 7.87. The highest BCUT2D eigenvalue weighted by molar-refractivity contribution is 6.30. The monoisotopic (exact) mass is 253 g/mol. The van der Waals surface area contributed by atoms with E-state index in [0.717, 1.165) is 12.0 Å². The van der Waals surface area contributed by atoms with E-state index in [9.17, 15) is 4.79 Å². The van der Waals surface area contributed by atoms with Crippen LogP contribution in [-0.4, -0.2) is 11.9 Å². The molecular formula is C14H20ClNO. The Kier molecular flexibility index (Phi) is 4.58. The lowest BCUT2D eigenvalue weighted by atomic mass is 9.83. The molecule has 1 N–H and O–H groups in total. The van der Waals surface area contributed by atoms with Gasteiger partial charge in [-0.2, -0.15) is 0 Å². The van der Waals surface area contributed by atoms with Crippen LogP contribution in [0.25, 0.3) is 0 Å². The van der Waals surface area contributed by atoms with Crippen LogP contribution in [0.3, 0.4) is 0 Å². The van der Waals surface area contributed by atoms with Gasteiger partial charge in [-0.15, -0.1) is 0 Å². The summed E-state index contributed by atoms with van der Waals surface area (Å²) in [5.74, 6) is 0.0362. The Labute approximate surface area is 108 Å². The fraction of sp³-hybridized carbons (Fsp3) is 0.500. The van der Waals surface area contributed by atoms with Crippen LogP contribution >= 0.6 is 11.6 Å². The number of benzene rings is 1. The topological polar surface area (TPSA) is 29.1 Å². The maximum absolute atomic E-state index is 12.2. The van der Waals surface area contributed by atoms with E-state index < -0.39 is 5.41 Å². The molecule has 0 aromatic heterocycles. The third-order valence-electron chi connectivity index (χ3n) is 3.10. The van der Waals surface area contributed by atoms with E-state index in [1.165, 1.54) is 0 Å². The fourth-order valence-electron chi connectivity index (χ4n) is 1.51. The van der Waals surface area contributed by atoms with Crippen molar-refractivity contribution in [3.05, 3.63) is 34.9 Å². The molecule has 0 fully saturated rings. The summed E-state index contributed by atoms with van der Waals surface area (Å²) in [5, 5.41) is 3.66. The van der Waals surface area contributed by atoms with Gasteiger partial charge in [-0.1, -0.05) is 30.7 Å². The summed E-state index contributed by atoms with van der Waals surface area (Å²) < 4.78 is 0. The molecule has 0 saturated carbocycles. The second kappa shape index (κ2) is 5.54. The molecule has 1 rings (SSSR count). The first-order valence-electron chi connectivity index (χ1n) is 5.95. The number of amides is 1. The zero-order valence-corrected chi connectivity index (χ0v) is 11.6. The van der Waals surface area contributed by atoms with Gasteiger partial charge >= 0.3 is 0 Å². The molecule has 1 unspecified atom stereocenters. The van der Waals surface area contributed by atoms with Gasteiger partial charge in [0.15, 0.2) is 0 Å². The SMILES string of the molecule is CCC(C)NC(=O)C(C)(C)c1cccc(Cl)c1. The molecule has 1 atom stereocenters. The Hall–Kier alpha value is -1.02. The number of carbonyl (C=O) groups is 1. The van der Waals surface area contributed by atoms with Crippen LogP contribution in [0.4, 0.5) is 0 Å². The fourth-order valence-corrected chi connectivity index (χ4v) is 1.70. The van der Waals surface area contributed by atoms with Gasteiger partial charge in [-0.25, -0.2) is 0 Å². The minimum absolute atomic E-state index is 0.0362. The molecule has 0 saturated heterocycles. The summed E-state index contributed by atoms with van der Waals surface area (Å²) in [6.07, 6.45) is 0.928. The standard InChI is InChI=1S/C14H20ClNO/c1-5-10(2)16-13(17)14(3,4)11-7-6-8-12(15)9-11/h6-10H,5H2,1-4H3,(H,16,17). The van der Waals surface area contributed by atoms with Crippen molar-refractivity contribution in [2.45, 2.75) is 45.6 Å². The van der Waals surface area contributed by atoms with Crippen LogP contribution in [0, 0.1) is 0 Å². The highest BCUT2D eigenvalue weighted by Crippen LogP contribution is 2.26. The molecule has 0 bridgehead atoms. The molecule has 0 aliphatic heterocycles. The Morgan fingerprint density at radius 2 is 2.12 bits per heavy atom. The molecule has 0 heterocycles. The van der Waals surface area contributed by atoms with Crippen LogP contribution in [0.2, 0.25) is 5.02 Å². The van der Waals surface area contributed by atoms with Crippen molar-refractivity contribution in [2.75, 3.05) is 0 Å². The lowest BCUT2D eigenvalue weighted by Gasteiger charge is -2.26. The third kappa shape index (κ3) is 3.47. The average molecular weight is 254 g/mol. The Morgan fingerprint density at radius 3 is 2.65 bits per heavy atom. The summed E-state index contributed by atoms with van der Waals surface area (Å²) in [6.45, 7) is 7.88. The van der Waals surface area contributed by atoms with Gasteiger partial charge in [-0.3, -0.25) is 4.79 Å². The largest absolute Gasteiger partial charge is 0.353 e. The van der Waals surface area contributed by atoms with Crippen LogP contribution < -0.4 is 5.32 Å². The summed E-state index contributed by atoms with van der Waals surface area (Å²) in [4.78, 5) is 12.2. The molecule has 1 amide bonds. The van der Waals surface area contributed by atoms with Gasteiger partial charge in [-0.05, 0) is 44.9 Å². The van der Waals surface area contributed by atoms with E-state index in [2.05, 4.69) is 12.2 Å². The number of hydrogen-bond acceptors (Lipinski definition) is 1. The van der Waals surface area contributed by atoms with E-state index in [-0.39, 0.29) is 11.9 Å². The quantitative estimate of drug-likeness (QED) is 0.874. The Morgan fingerprint density at radius 1 is 1.47 bits per heavy atom. The maximum atomic E-state index is 12.2. The van der Waals surface area contributed by atoms with Crippen LogP contribution in [0.15, 0.2) is 24.3 Å². The van der Waals surface area contributed by atoms with Crippen molar-refractivity contribution in [3.63, 3.8) is 0 Å². The predicted molar refractivity (Wildman–Crippen MR) is 72.4 cm³/mol. The molecule has 2 nitrogen and oxygen atoms in total. The first-order valence-corrected chi connectivity index (χ1v) is 6.32. The number of hydrogen-bond donors (Lipinski definition) is 1. The molecule has 94 valence electrons. The zero-order valence-electron chi connectivity index (χ0n) is 10.9. The Bertz CT molecular complexity index is 401. The van der Waals surface area contributed by atoms with Gasteiger partial charge in [0.25, 0.3) is 0 Å². The molecule has 3 heteroatoms. The van der Waals surface area contributed by atoms with Crippen molar-refractivity contribution in [2.24, 2.45) is 0 Å². The number of rotatable bonds is 4. The molecule has 1 aromatic rings. The summed E-state index contributed by atoms with van der Waals surface area (Å²) in [7, 11) is 0. The molecule has 1 aromatic carbocycles. The molecule has 0 radical (unpaired) electrons. The highest BCUT2D eigenvalue weighted by Gasteiger charge is 2.30. The second-order valence-corrected chi connectivity index (χ2v) is 5.35. The highest BCUT2D eigenvalue weighted by atomic mass is 35.5. The summed E-state index contributed by atoms with van der Waals surface area (Å²) in [6, 6.07) is 7.66. The number of halogens is 1. The minimum Gasteiger partial charge on any atom is -0.353 e. The van der Waals surface area contributed by atoms with Crippen LogP contribution in [0.1, 0.15) is 39.7 Å². The van der Waals surface area contributed by atoms with Gasteiger partial charge in [0.1, 0.15) is 0 Å². The molecule has 17 heavy (non-hydrogen) atoms. The van der Waals surface area contributed by atoms with Crippen molar-refractivity contribution < 1.29 is 4.79 Å². The van der Waals surface area contributed by atoms with E-state index in [4.69, 9.17) is 11.6 Å². The van der Waals surface area contributed by atoms with E-state index in [1.54, 1.807) is 0 Å². The van der Waals surface area contributed by atoms with E-state index in [1.807, 2.05) is 45.0 Å². The first kappa shape index (κ1) is 14.0. The lowest BCUT2D eigenvalue weighted by molar-refractivity contribution is -0.126. The normalized spacial score (nSPS) is 13.2. The summed E-state index contributed by atoms with van der Waals surface area (Å²) in [5.41, 5.74) is 0.375. The van der Waals surface area contributed by atoms with Crippen LogP contribution in [-0.2, 0) is 10.2 Å². The molecule has 0 aliphatic carbocycles. The van der Waals surface area contributed by atoms with E-state index >= 15 is 0 Å². The number of nitrogens with one attached hydrogen (secondary N) is 1. The second-order valence-electron chi connectivity index (χ2n) is 4.92. The van der Waals surface area contributed by atoms with Crippen molar-refractivity contribution in [3.8, 4) is 0 Å². The predicted octanol–water partition coefficient (Wildman–Crippen LogP) is 3.53. The smallest absolute Gasteiger partial charge is 0.230 e. The molecular weight excluding hydrogens is 234 g/mol. The Balaban J connectivity index is 2.90. The average Bonchev–Trinajstić information content (AvgIpc) is 2.28. The third-order valence-corrected chi connectivity index (χ3v) is 3.34. The van der Waals surface area contributed by atoms with Gasteiger partial charge in [0.05, 0.1) is 5.41 Å². The van der Waals surface area contributed by atoms with Crippen molar-refractivity contribution in [1.29, 1.82) is 0 Å². The van der Waals surface area contributed by atoms with Gasteiger partial charge < -0.3 is 5.32 Å². The molecule has 0 spiro atoms. The van der Waals surface area contributed by atoms with Crippen LogP contribution in [0.5, 0.6) is 0 Å². The summed E-state index contributed by atoms with van der Waals surface area (Å²) >= 11 is 5.96. The zero-order chi connectivity index (χ0) is 13.1. The number of carbonyl (C=O) groups excluding carboxylic acids is 1. The van der Waals surface area contributed by atoms with Crippen molar-refractivity contribution >= 4 is 17.5 Å².